The first-order chi connectivity index (χ1) is 3.18. The van der Waals surface area contributed by atoms with Crippen LogP contribution >= 0.6 is 12.6 Å². The molecule has 0 aliphatic heterocycles. The van der Waals surface area contributed by atoms with Crippen LogP contribution in [-0.4, -0.2) is 6.43 Å². The molecule has 4 heteroatoms. The van der Waals surface area contributed by atoms with Crippen molar-refractivity contribution in [3.8, 4) is 0 Å². The minimum Gasteiger partial charge on any atom is -0.205 e. The molecule has 0 bridgehead atoms. The van der Waals surface area contributed by atoms with E-state index in [1.165, 1.54) is 0 Å². The molecule has 0 spiro atoms. The third-order valence-electron chi connectivity index (χ3n) is 0.332. The van der Waals surface area contributed by atoms with Crippen molar-refractivity contribution in [1.82, 2.24) is 0 Å². The first-order valence-corrected chi connectivity index (χ1v) is 1.98. The molecule has 0 aromatic carbocycles. The van der Waals surface area contributed by atoms with Crippen molar-refractivity contribution < 1.29 is 13.2 Å². The van der Waals surface area contributed by atoms with Crippen LogP contribution in [0.4, 0.5) is 13.2 Å². The summed E-state index contributed by atoms with van der Waals surface area (Å²) in [6.07, 6.45) is -3.02. The summed E-state index contributed by atoms with van der Waals surface area (Å²) in [4.78, 5) is 0. The molecule has 0 saturated heterocycles. The van der Waals surface area contributed by atoms with Gasteiger partial charge in [0.15, 0.2) is 5.83 Å². The average molecular weight is 128 g/mol. The molecule has 0 heterocycles. The van der Waals surface area contributed by atoms with Gasteiger partial charge in [-0.15, -0.1) is 12.6 Å². The molecule has 0 saturated carbocycles. The lowest BCUT2D eigenvalue weighted by Crippen LogP contribution is -1.86. The molecule has 0 aromatic heterocycles. The van der Waals surface area contributed by atoms with Crippen molar-refractivity contribution in [3.63, 3.8) is 0 Å². The van der Waals surface area contributed by atoms with Crippen LogP contribution in [0, 0.1) is 0 Å². The molecule has 0 aliphatic carbocycles. The summed E-state index contributed by atoms with van der Waals surface area (Å²) in [5, 5.41) is 0.435. The average Bonchev–Trinajstić information content (AvgIpc) is 1.65. The Bertz CT molecular complexity index is 78.2. The number of rotatable bonds is 1. The molecule has 0 N–H and O–H groups in total. The first kappa shape index (κ1) is 6.88. The minimum atomic E-state index is -3.02. The van der Waals surface area contributed by atoms with Gasteiger partial charge in [0.25, 0.3) is 6.43 Å². The number of hydrogen-bond donors (Lipinski definition) is 1. The highest BCUT2D eigenvalue weighted by molar-refractivity contribution is 7.83. The van der Waals surface area contributed by atoms with E-state index in [9.17, 15) is 13.2 Å². The number of alkyl halides is 2. The first-order valence-electron chi connectivity index (χ1n) is 1.46. The summed E-state index contributed by atoms with van der Waals surface area (Å²) in [5.41, 5.74) is 0. The van der Waals surface area contributed by atoms with E-state index in [4.69, 9.17) is 0 Å². The second-order valence-electron chi connectivity index (χ2n) is 0.815. The predicted octanol–water partition coefficient (Wildman–Crippen LogP) is 1.99. The molecule has 0 amide bonds. The molecule has 0 rings (SSSR count). The van der Waals surface area contributed by atoms with Gasteiger partial charge in [0, 0.05) is 5.41 Å². The summed E-state index contributed by atoms with van der Waals surface area (Å²) in [7, 11) is 0. The predicted molar refractivity (Wildman–Crippen MR) is 24.2 cm³/mol. The van der Waals surface area contributed by atoms with Crippen molar-refractivity contribution in [1.29, 1.82) is 0 Å². The molecule has 7 heavy (non-hydrogen) atoms. The quantitative estimate of drug-likeness (QED) is 0.513. The zero-order valence-corrected chi connectivity index (χ0v) is 4.13. The van der Waals surface area contributed by atoms with Gasteiger partial charge in [0.05, 0.1) is 0 Å². The molecule has 0 unspecified atom stereocenters. The van der Waals surface area contributed by atoms with Gasteiger partial charge in [-0.3, -0.25) is 0 Å². The van der Waals surface area contributed by atoms with Crippen LogP contribution in [0.5, 0.6) is 0 Å². The standard InChI is InChI=1S/C3H3F3S/c4-2(1-7)3(5)6/h1,3,7H. The third-order valence-corrected chi connectivity index (χ3v) is 0.578. The Morgan fingerprint density at radius 1 is 1.57 bits per heavy atom. The summed E-state index contributed by atoms with van der Waals surface area (Å²) >= 11 is 3.14. The van der Waals surface area contributed by atoms with Crippen molar-refractivity contribution in [3.05, 3.63) is 11.2 Å². The molecular formula is C3H3F3S. The van der Waals surface area contributed by atoms with Gasteiger partial charge in [-0.25, -0.2) is 13.2 Å². The largest absolute Gasteiger partial charge is 0.289 e. The van der Waals surface area contributed by atoms with Crippen LogP contribution in [0.25, 0.3) is 0 Å². The van der Waals surface area contributed by atoms with Gasteiger partial charge >= 0.3 is 0 Å². The van der Waals surface area contributed by atoms with E-state index in [1.54, 1.807) is 0 Å². The van der Waals surface area contributed by atoms with Crippen molar-refractivity contribution in [2.45, 2.75) is 6.43 Å². The monoisotopic (exact) mass is 128 g/mol. The fourth-order valence-corrected chi connectivity index (χ4v) is 0.169. The van der Waals surface area contributed by atoms with E-state index in [-0.39, 0.29) is 0 Å². The SMILES string of the molecule is FC(=CS)C(F)F. The fourth-order valence-electron chi connectivity index (χ4n) is 0.0563. The molecule has 0 aliphatic rings. The maximum Gasteiger partial charge on any atom is 0.289 e. The van der Waals surface area contributed by atoms with Crippen LogP contribution in [0.2, 0.25) is 0 Å². The topological polar surface area (TPSA) is 0 Å². The lowest BCUT2D eigenvalue weighted by atomic mass is 10.6. The van der Waals surface area contributed by atoms with E-state index in [2.05, 4.69) is 12.6 Å². The van der Waals surface area contributed by atoms with E-state index in [0.29, 0.717) is 5.41 Å². The Kier molecular flexibility index (Phi) is 2.91. The van der Waals surface area contributed by atoms with Gasteiger partial charge < -0.3 is 0 Å². The second-order valence-corrected chi connectivity index (χ2v) is 1.07. The smallest absolute Gasteiger partial charge is 0.205 e. The molecule has 0 radical (unpaired) electrons. The van der Waals surface area contributed by atoms with E-state index in [0.717, 1.165) is 0 Å². The van der Waals surface area contributed by atoms with E-state index in [1.807, 2.05) is 0 Å². The fraction of sp³-hybridized carbons (Fsp3) is 0.333. The Morgan fingerprint density at radius 2 is 2.00 bits per heavy atom. The van der Waals surface area contributed by atoms with Crippen molar-refractivity contribution in [2.24, 2.45) is 0 Å². The number of halogens is 3. The molecule has 0 atom stereocenters. The number of allylic oxidation sites excluding steroid dienone is 1. The van der Waals surface area contributed by atoms with Gasteiger partial charge in [0.2, 0.25) is 0 Å². The molecule has 42 valence electrons. The van der Waals surface area contributed by atoms with Crippen LogP contribution < -0.4 is 0 Å². The van der Waals surface area contributed by atoms with Crippen LogP contribution in [-0.2, 0) is 0 Å². The summed E-state index contributed by atoms with van der Waals surface area (Å²) in [6, 6.07) is 0. The number of hydrogen-bond acceptors (Lipinski definition) is 1. The van der Waals surface area contributed by atoms with E-state index < -0.39 is 12.3 Å². The van der Waals surface area contributed by atoms with Crippen molar-refractivity contribution in [2.75, 3.05) is 0 Å². The Labute approximate surface area is 44.4 Å². The van der Waals surface area contributed by atoms with Gasteiger partial charge in [-0.2, -0.15) is 0 Å². The maximum absolute atomic E-state index is 11.3. The highest BCUT2D eigenvalue weighted by Crippen LogP contribution is 2.09. The Hall–Kier alpha value is -0.120. The zero-order valence-electron chi connectivity index (χ0n) is 3.24. The van der Waals surface area contributed by atoms with Gasteiger partial charge in [0.1, 0.15) is 0 Å². The second kappa shape index (κ2) is 2.96. The van der Waals surface area contributed by atoms with Gasteiger partial charge in [-0.05, 0) is 0 Å². The lowest BCUT2D eigenvalue weighted by Gasteiger charge is -1.87. The summed E-state index contributed by atoms with van der Waals surface area (Å²) < 4.78 is 33.2. The Balaban J connectivity index is 3.56. The minimum absolute atomic E-state index is 0.435. The van der Waals surface area contributed by atoms with E-state index >= 15 is 0 Å². The highest BCUT2D eigenvalue weighted by atomic mass is 32.1. The highest BCUT2D eigenvalue weighted by Gasteiger charge is 2.06. The normalized spacial score (nSPS) is 13.0. The molecule has 0 nitrogen and oxygen atoms in total. The van der Waals surface area contributed by atoms with Gasteiger partial charge in [-0.1, -0.05) is 0 Å². The van der Waals surface area contributed by atoms with Crippen LogP contribution in [0.1, 0.15) is 0 Å². The van der Waals surface area contributed by atoms with Crippen LogP contribution in [0.3, 0.4) is 0 Å². The maximum atomic E-state index is 11.3. The molecular weight excluding hydrogens is 125 g/mol. The summed E-state index contributed by atoms with van der Waals surface area (Å²) in [5.74, 6) is -1.50. The third kappa shape index (κ3) is 2.56. The molecule has 0 fully saturated rings. The Morgan fingerprint density at radius 3 is 2.00 bits per heavy atom. The number of thiol groups is 1. The zero-order chi connectivity index (χ0) is 5.86. The molecule has 0 aromatic rings. The summed E-state index contributed by atoms with van der Waals surface area (Å²) in [6.45, 7) is 0. The van der Waals surface area contributed by atoms with Crippen molar-refractivity contribution >= 4 is 12.6 Å². The lowest BCUT2D eigenvalue weighted by molar-refractivity contribution is 0.159. The van der Waals surface area contributed by atoms with Crippen LogP contribution in [0.15, 0.2) is 11.2 Å².